The van der Waals surface area contributed by atoms with E-state index in [1.165, 1.54) is 26.3 Å². The van der Waals surface area contributed by atoms with Crippen molar-refractivity contribution in [2.24, 2.45) is 27.1 Å². The number of H-pyrrole nitrogens is 1. The second-order valence-corrected chi connectivity index (χ2v) is 42.8. The summed E-state index contributed by atoms with van der Waals surface area (Å²) >= 11 is 0. The van der Waals surface area contributed by atoms with Gasteiger partial charge >= 0.3 is 6.01 Å². The topological polar surface area (TPSA) is 456 Å². The average molecular weight is 1950 g/mol. The van der Waals surface area contributed by atoms with Gasteiger partial charge < -0.3 is 91.8 Å². The highest BCUT2D eigenvalue weighted by Crippen LogP contribution is 2.39. The number of aryl methyl sites for hydroxylation is 4. The molecule has 0 spiro atoms. The van der Waals surface area contributed by atoms with Crippen molar-refractivity contribution < 1.29 is 28.2 Å². The van der Waals surface area contributed by atoms with Crippen molar-refractivity contribution in [1.29, 1.82) is 21.0 Å². The lowest BCUT2D eigenvalue weighted by molar-refractivity contribution is 0.0537. The third-order valence-corrected chi connectivity index (χ3v) is 23.6. The van der Waals surface area contributed by atoms with Gasteiger partial charge in [0.2, 0.25) is 17.8 Å². The molecule has 9 aromatic rings. The number of amides is 3. The minimum absolute atomic E-state index is 0. The summed E-state index contributed by atoms with van der Waals surface area (Å²) in [6.07, 6.45) is 6.75. The highest BCUT2D eigenvalue weighted by Gasteiger charge is 2.32. The Balaban J connectivity index is 0.000000294. The largest absolute Gasteiger partial charge is 0.463 e. The lowest BCUT2D eigenvalue weighted by atomic mass is 9.93. The van der Waals surface area contributed by atoms with Crippen LogP contribution in [0.15, 0.2) is 79.1 Å². The minimum Gasteiger partial charge on any atom is -0.463 e. The van der Waals surface area contributed by atoms with E-state index in [0.29, 0.717) is 165 Å². The van der Waals surface area contributed by atoms with Crippen molar-refractivity contribution >= 4 is 105 Å². The summed E-state index contributed by atoms with van der Waals surface area (Å²) in [5.74, 6) is 5.39. The fraction of sp³-hybridized carbons (Fsp3) is 0.529. The number of likely N-dealkylation sites (N-methyl/N-ethyl adjacent to an activating group) is 1. The van der Waals surface area contributed by atoms with Crippen LogP contribution in [0.1, 0.15) is 209 Å². The minimum atomic E-state index is -0.358. The maximum absolute atomic E-state index is 12.3. The number of ether oxygens (including phenoxy) is 1. The molecule has 4 aromatic carbocycles. The Kier molecular flexibility index (Phi) is 39.3. The first-order valence-corrected chi connectivity index (χ1v) is 48.3. The molecule has 1 unspecified atom stereocenters. The first kappa shape index (κ1) is 112. The van der Waals surface area contributed by atoms with Gasteiger partial charge in [0.25, 0.3) is 17.7 Å². The summed E-state index contributed by atoms with van der Waals surface area (Å²) < 4.78 is 6.04. The predicted octanol–water partition coefficient (Wildman–Crippen LogP) is 15.8. The molecule has 0 saturated carbocycles. The number of nitriles is 4. The van der Waals surface area contributed by atoms with E-state index in [1.54, 1.807) is 50.5 Å². The van der Waals surface area contributed by atoms with Crippen LogP contribution in [0.2, 0.25) is 0 Å². The molecule has 8 heterocycles. The normalized spacial score (nSPS) is 14.5. The van der Waals surface area contributed by atoms with Crippen molar-refractivity contribution in [3.63, 3.8) is 0 Å². The number of likely N-dealkylation sites (tertiary alicyclic amines) is 1. The number of rotatable bonds is 33. The van der Waals surface area contributed by atoms with Gasteiger partial charge in [-0.2, -0.15) is 66.0 Å². The summed E-state index contributed by atoms with van der Waals surface area (Å²) in [6.45, 7) is 49.4. The molecule has 0 bridgehead atoms. The molecule has 38 heteroatoms. The summed E-state index contributed by atoms with van der Waals surface area (Å²) in [6, 6.07) is 32.3. The Morgan fingerprint density at radius 3 is 1.38 bits per heavy atom. The van der Waals surface area contributed by atoms with E-state index in [1.807, 2.05) is 112 Å². The Morgan fingerprint density at radius 2 is 0.951 bits per heavy atom. The van der Waals surface area contributed by atoms with Crippen LogP contribution in [0.4, 0.5) is 87.1 Å². The first-order chi connectivity index (χ1) is 66.9. The molecule has 3 fully saturated rings. The van der Waals surface area contributed by atoms with Crippen molar-refractivity contribution in [3.05, 3.63) is 140 Å². The van der Waals surface area contributed by atoms with Gasteiger partial charge in [0.05, 0.1) is 13.7 Å². The quantitative estimate of drug-likeness (QED) is 0.0170. The molecule has 12 rings (SSSR count). The van der Waals surface area contributed by atoms with E-state index in [2.05, 4.69) is 247 Å². The molecule has 11 N–H and O–H groups in total. The van der Waals surface area contributed by atoms with Crippen molar-refractivity contribution in [1.82, 2.24) is 91.2 Å². The van der Waals surface area contributed by atoms with Gasteiger partial charge in [-0.1, -0.05) is 127 Å². The van der Waals surface area contributed by atoms with Crippen LogP contribution in [-0.2, 0) is 4.84 Å². The number of hydroxylamine groups is 1. The van der Waals surface area contributed by atoms with E-state index < -0.39 is 0 Å². The number of nitrogens with one attached hydrogen (secondary N) is 11. The predicted molar refractivity (Wildman–Crippen MR) is 575 cm³/mol. The Bertz CT molecular complexity index is 5980. The maximum Gasteiger partial charge on any atom is 0.320 e. The van der Waals surface area contributed by atoms with E-state index >= 15 is 0 Å². The highest BCUT2D eigenvalue weighted by atomic mass is 16.6. The molecular formula is C104H157N33O5. The number of nitrogens with zero attached hydrogens (tertiary/aromatic N) is 22. The highest BCUT2D eigenvalue weighted by molar-refractivity contribution is 5.97. The zero-order chi connectivity index (χ0) is 104. The Labute approximate surface area is 844 Å². The molecule has 5 aromatic heterocycles. The van der Waals surface area contributed by atoms with Gasteiger partial charge in [-0.3, -0.25) is 24.3 Å². The summed E-state index contributed by atoms with van der Waals surface area (Å²) in [5.41, 5.74) is 12.8. The van der Waals surface area contributed by atoms with Crippen LogP contribution < -0.4 is 82.6 Å². The molecule has 38 nitrogen and oxygen atoms in total. The molecule has 0 radical (unpaired) electrons. The molecule has 3 amide bonds. The Morgan fingerprint density at radius 1 is 0.507 bits per heavy atom. The number of aromatic amines is 1. The van der Waals surface area contributed by atoms with Crippen molar-refractivity contribution in [3.8, 4) is 41.7 Å². The molecule has 768 valence electrons. The van der Waals surface area contributed by atoms with Gasteiger partial charge in [0.1, 0.15) is 52.9 Å². The number of carbonyl (C=O) groups excluding carboxylic acids is 3. The van der Waals surface area contributed by atoms with Crippen LogP contribution in [0.5, 0.6) is 6.01 Å². The molecule has 3 aliphatic heterocycles. The number of hydrogen-bond acceptors (Lipinski definition) is 34. The molecule has 2 atom stereocenters. The van der Waals surface area contributed by atoms with Crippen LogP contribution in [0, 0.1) is 100 Å². The molecule has 3 aliphatic rings. The van der Waals surface area contributed by atoms with Gasteiger partial charge in [0.15, 0.2) is 52.4 Å². The van der Waals surface area contributed by atoms with E-state index in [-0.39, 0.29) is 61.1 Å². The van der Waals surface area contributed by atoms with Crippen LogP contribution in [0.25, 0.3) is 11.4 Å². The van der Waals surface area contributed by atoms with Gasteiger partial charge in [-0.05, 0) is 199 Å². The standard InChI is InChI=1S/C27H42N8O.C27H39N7O2.C26H38N8O2.C24H32N10.3H2/c1-18-11-12-19(24(36)29-7)13-21(18)31-22-20(14-28)23(35(10)16-26(2,3)4)33-25(32-22)30-15-27(5,6)17-34(8)9;1-18-10-11-19(25(35)29-5)15-22(18)30-23-21(16-28)24(34(7)17-27(2,3)4)32-26(31-23)36-14-12-20-9-8-13-33(20)6;1-18-9-10-19(24(35)31-36-7)15-21(18)28-22-20(16-27)23(33(6)17-26(2,3)4)30-25(29-22)34-12-8-11-32(5)13-14-34;1-15-6-7-16(20-27-14-28-33-20)10-19(15)30-21-18(11-25)22(34(5)13-24(2,3)4)32-23(31-21)29-17-8-9-26-12-17;;;/h11-13H,15-17H2,1-10H3,(H,29,36)(H2,30,31,32,33);10-11,15,20H,8-9,12-14,17H2,1-7H3,(H,29,35)(H,30,31,32);9-10,15H,8,11-14,17H2,1-7H3,(H,31,35)(H,28,29,30);6-7,10,14,17,26H,8-9,12-13H2,1-5H3,(H,27,28,33)(H2,29,30,31,32);3*1H/t;;;17-;;;/m...1.../s1. The monoisotopic (exact) mass is 1950 g/mol. The maximum atomic E-state index is 12.3. The molecular weight excluding hydrogens is 1790 g/mol. The zero-order valence-electron chi connectivity index (χ0n) is 89.0. The lowest BCUT2D eigenvalue weighted by Crippen LogP contribution is -2.35. The molecule has 0 aliphatic carbocycles. The fourth-order valence-corrected chi connectivity index (χ4v) is 17.1. The number of benzene rings is 4. The molecule has 142 heavy (non-hydrogen) atoms. The summed E-state index contributed by atoms with van der Waals surface area (Å²) in [7, 11) is 20.7. The average Bonchev–Trinajstić information content (AvgIpc) is 1.78. The van der Waals surface area contributed by atoms with Gasteiger partial charge in [-0.25, -0.2) is 10.5 Å². The lowest BCUT2D eigenvalue weighted by Gasteiger charge is -2.30. The van der Waals surface area contributed by atoms with Crippen LogP contribution >= 0.6 is 0 Å². The number of aromatic nitrogens is 11. The van der Waals surface area contributed by atoms with Gasteiger partial charge in [0, 0.05) is 169 Å². The first-order valence-electron chi connectivity index (χ1n) is 48.3. The van der Waals surface area contributed by atoms with E-state index in [9.17, 15) is 35.4 Å². The number of carbonyl (C=O) groups is 3. The number of hydrogen-bond donors (Lipinski definition) is 11. The summed E-state index contributed by atoms with van der Waals surface area (Å²) in [5, 5.41) is 76.2. The van der Waals surface area contributed by atoms with E-state index in [4.69, 9.17) is 39.5 Å². The zero-order valence-corrected chi connectivity index (χ0v) is 89.0. The molecule has 3 saturated heterocycles. The van der Waals surface area contributed by atoms with Crippen molar-refractivity contribution in [2.75, 3.05) is 226 Å². The van der Waals surface area contributed by atoms with Crippen LogP contribution in [-0.4, -0.2) is 269 Å². The SMILES string of the molecule is CNC(=O)c1ccc(C)c(Nc2nc(NCC(C)(C)CN(C)C)nc(N(C)CC(C)(C)C)c2C#N)c1.CNC(=O)c1ccc(C)c(Nc2nc(OCCC3CCCN3C)nc(N(C)CC(C)(C)C)c2C#N)c1.CONC(=O)c1ccc(C)c(Nc2nc(N3CCCN(C)CC3)nc(N(C)CC(C)(C)C)c2C#N)c1.Cc1ccc(-c2ncn[nH]2)cc1Nc1nc(N[C@@H]2CCNC2)nc(N(C)CC(C)(C)C)c1C#N.[HH].[HH].[HH]. The van der Waals surface area contributed by atoms with Crippen LogP contribution in [0.3, 0.4) is 0 Å². The van der Waals surface area contributed by atoms with Crippen molar-refractivity contribution in [2.45, 2.75) is 169 Å². The fourth-order valence-electron chi connectivity index (χ4n) is 17.1. The number of anilines is 15. The van der Waals surface area contributed by atoms with E-state index in [0.717, 1.165) is 112 Å². The second-order valence-electron chi connectivity index (χ2n) is 42.8. The Hall–Kier alpha value is -13.9. The smallest absolute Gasteiger partial charge is 0.320 e. The third-order valence-electron chi connectivity index (χ3n) is 23.6. The summed E-state index contributed by atoms with van der Waals surface area (Å²) in [4.78, 5) is 101. The second kappa shape index (κ2) is 50.0. The van der Waals surface area contributed by atoms with Gasteiger partial charge in [-0.15, -0.1) is 0 Å². The third kappa shape index (κ3) is 32.9.